The van der Waals surface area contributed by atoms with Crippen LogP contribution in [0.4, 0.5) is 10.1 Å². The normalized spacial score (nSPS) is 21.3. The van der Waals surface area contributed by atoms with Crippen LogP contribution in [-0.2, 0) is 9.53 Å². The van der Waals surface area contributed by atoms with Crippen LogP contribution in [0.2, 0.25) is 0 Å². The fourth-order valence-electron chi connectivity index (χ4n) is 4.10. The molecule has 2 aromatic rings. The highest BCUT2D eigenvalue weighted by Crippen LogP contribution is 2.27. The lowest BCUT2D eigenvalue weighted by molar-refractivity contribution is -0.114. The first-order valence-electron chi connectivity index (χ1n) is 11.5. The Labute approximate surface area is 205 Å². The van der Waals surface area contributed by atoms with Gasteiger partial charge in [0, 0.05) is 51.3 Å². The minimum Gasteiger partial charge on any atom is -0.491 e. The molecule has 1 heterocycles. The van der Waals surface area contributed by atoms with Gasteiger partial charge in [-0.15, -0.1) is 0 Å². The van der Waals surface area contributed by atoms with Crippen LogP contribution in [0.25, 0.3) is 0 Å². The summed E-state index contributed by atoms with van der Waals surface area (Å²) < 4.78 is 25.2. The van der Waals surface area contributed by atoms with E-state index in [9.17, 15) is 18.8 Å². The number of methoxy groups -OCH3 is 1. The topological polar surface area (TPSA) is 88.2 Å². The predicted molar refractivity (Wildman–Crippen MR) is 130 cm³/mol. The van der Waals surface area contributed by atoms with Gasteiger partial charge in [0.2, 0.25) is 5.91 Å². The Balaban J connectivity index is 1.99. The number of fused-ring (bicyclic) bond motifs is 1. The Bertz CT molecular complexity index is 1080. The van der Waals surface area contributed by atoms with E-state index in [1.165, 1.54) is 31.2 Å². The smallest absolute Gasteiger partial charge is 0.257 e. The first kappa shape index (κ1) is 26.2. The molecule has 3 rings (SSSR count). The molecule has 1 aliphatic heterocycles. The largest absolute Gasteiger partial charge is 0.491 e. The van der Waals surface area contributed by atoms with Crippen LogP contribution >= 0.6 is 0 Å². The van der Waals surface area contributed by atoms with E-state index in [2.05, 4.69) is 5.32 Å². The molecule has 9 heteroatoms. The Morgan fingerprint density at radius 3 is 2.43 bits per heavy atom. The van der Waals surface area contributed by atoms with E-state index in [1.807, 2.05) is 13.8 Å². The summed E-state index contributed by atoms with van der Waals surface area (Å²) in [5.74, 6) is -0.954. The number of anilines is 1. The third-order valence-electron chi connectivity index (χ3n) is 6.12. The minimum atomic E-state index is -0.414. The van der Waals surface area contributed by atoms with Crippen molar-refractivity contribution in [2.45, 2.75) is 32.9 Å². The summed E-state index contributed by atoms with van der Waals surface area (Å²) >= 11 is 0. The molecule has 188 valence electrons. The van der Waals surface area contributed by atoms with Crippen LogP contribution in [0.5, 0.6) is 5.75 Å². The summed E-state index contributed by atoms with van der Waals surface area (Å²) in [4.78, 5) is 41.5. The summed E-state index contributed by atoms with van der Waals surface area (Å²) in [5, 5.41) is 2.69. The standard InChI is InChI=1S/C26H32FN3O5/c1-16-13-30(25(32)19-6-8-20(27)9-7-19)17(2)15-35-23-11-10-21(28-18(3)31)12-22(23)26(33)29(4)14-24(16)34-5/h6-12,16-17,24H,13-15H2,1-5H3,(H,28,31)/t16-,17-,24-/m1/s1. The summed E-state index contributed by atoms with van der Waals surface area (Å²) in [6.07, 6.45) is -0.345. The molecule has 3 amide bonds. The van der Waals surface area contributed by atoms with E-state index in [0.717, 1.165) is 0 Å². The third kappa shape index (κ3) is 6.36. The second kappa shape index (κ2) is 11.3. The predicted octanol–water partition coefficient (Wildman–Crippen LogP) is 3.43. The van der Waals surface area contributed by atoms with Gasteiger partial charge >= 0.3 is 0 Å². The van der Waals surface area contributed by atoms with Gasteiger partial charge in [-0.05, 0) is 49.4 Å². The molecule has 8 nitrogen and oxygen atoms in total. The number of rotatable bonds is 3. The molecule has 0 unspecified atom stereocenters. The number of carbonyl (C=O) groups is 3. The van der Waals surface area contributed by atoms with Crippen molar-refractivity contribution >= 4 is 23.4 Å². The molecule has 1 aliphatic rings. The number of halogens is 1. The van der Waals surface area contributed by atoms with Gasteiger partial charge < -0.3 is 24.6 Å². The number of hydrogen-bond donors (Lipinski definition) is 1. The molecule has 3 atom stereocenters. The molecule has 35 heavy (non-hydrogen) atoms. The van der Waals surface area contributed by atoms with Crippen LogP contribution in [-0.4, -0.2) is 73.5 Å². The van der Waals surface area contributed by atoms with Crippen molar-refractivity contribution < 1.29 is 28.2 Å². The third-order valence-corrected chi connectivity index (χ3v) is 6.12. The van der Waals surface area contributed by atoms with Gasteiger partial charge in [0.15, 0.2) is 0 Å². The zero-order valence-corrected chi connectivity index (χ0v) is 20.7. The number of likely N-dealkylation sites (N-methyl/N-ethyl adjacent to an activating group) is 1. The maximum atomic E-state index is 13.4. The quantitative estimate of drug-likeness (QED) is 0.720. The zero-order valence-electron chi connectivity index (χ0n) is 20.7. The van der Waals surface area contributed by atoms with Crippen LogP contribution in [0.15, 0.2) is 42.5 Å². The van der Waals surface area contributed by atoms with Crippen LogP contribution in [0.1, 0.15) is 41.5 Å². The molecule has 0 radical (unpaired) electrons. The molecule has 1 N–H and O–H groups in total. The molecular weight excluding hydrogens is 453 g/mol. The lowest BCUT2D eigenvalue weighted by Crippen LogP contribution is -2.48. The van der Waals surface area contributed by atoms with Crippen LogP contribution < -0.4 is 10.1 Å². The molecule has 0 saturated heterocycles. The molecule has 0 aliphatic carbocycles. The van der Waals surface area contributed by atoms with Crippen molar-refractivity contribution in [3.05, 3.63) is 59.4 Å². The average molecular weight is 486 g/mol. The molecule has 2 aromatic carbocycles. The molecule has 0 spiro atoms. The molecule has 0 fully saturated rings. The second-order valence-corrected chi connectivity index (χ2v) is 8.95. The van der Waals surface area contributed by atoms with Gasteiger partial charge in [0.25, 0.3) is 11.8 Å². The highest BCUT2D eigenvalue weighted by Gasteiger charge is 2.31. The van der Waals surface area contributed by atoms with E-state index < -0.39 is 5.82 Å². The maximum absolute atomic E-state index is 13.4. The minimum absolute atomic E-state index is 0.119. The maximum Gasteiger partial charge on any atom is 0.257 e. The van der Waals surface area contributed by atoms with Gasteiger partial charge in [0.1, 0.15) is 18.2 Å². The van der Waals surface area contributed by atoms with Crippen molar-refractivity contribution in [2.75, 3.05) is 39.2 Å². The van der Waals surface area contributed by atoms with Crippen molar-refractivity contribution in [3.63, 3.8) is 0 Å². The average Bonchev–Trinajstić information content (AvgIpc) is 2.83. The summed E-state index contributed by atoms with van der Waals surface area (Å²) in [6.45, 7) is 5.98. The number of ether oxygens (including phenoxy) is 2. The van der Waals surface area contributed by atoms with Crippen molar-refractivity contribution in [1.82, 2.24) is 9.80 Å². The van der Waals surface area contributed by atoms with Gasteiger partial charge in [-0.1, -0.05) is 6.92 Å². The highest BCUT2D eigenvalue weighted by molar-refractivity contribution is 5.99. The SMILES string of the molecule is CO[C@@H]1CN(C)C(=O)c2cc(NC(C)=O)ccc2OC[C@@H](C)N(C(=O)c2ccc(F)cc2)C[C@H]1C. The zero-order chi connectivity index (χ0) is 25.7. The Morgan fingerprint density at radius 1 is 1.11 bits per heavy atom. The molecule has 0 saturated carbocycles. The number of nitrogens with one attached hydrogen (secondary N) is 1. The lowest BCUT2D eigenvalue weighted by atomic mass is 10.0. The number of carbonyl (C=O) groups excluding carboxylic acids is 3. The van der Waals surface area contributed by atoms with Gasteiger partial charge in [0.05, 0.1) is 17.7 Å². The fraction of sp³-hybridized carbons (Fsp3) is 0.423. The number of hydrogen-bond acceptors (Lipinski definition) is 5. The fourth-order valence-corrected chi connectivity index (χ4v) is 4.10. The van der Waals surface area contributed by atoms with E-state index in [1.54, 1.807) is 42.2 Å². The number of amides is 3. The summed E-state index contributed by atoms with van der Waals surface area (Å²) in [5.41, 5.74) is 1.15. The van der Waals surface area contributed by atoms with Gasteiger partial charge in [-0.25, -0.2) is 4.39 Å². The van der Waals surface area contributed by atoms with E-state index in [4.69, 9.17) is 9.47 Å². The first-order valence-corrected chi connectivity index (χ1v) is 11.5. The second-order valence-electron chi connectivity index (χ2n) is 8.95. The van der Waals surface area contributed by atoms with Crippen molar-refractivity contribution in [2.24, 2.45) is 5.92 Å². The van der Waals surface area contributed by atoms with Crippen molar-refractivity contribution in [3.8, 4) is 5.75 Å². The summed E-state index contributed by atoms with van der Waals surface area (Å²) in [6, 6.07) is 9.96. The van der Waals surface area contributed by atoms with E-state index >= 15 is 0 Å². The number of benzene rings is 2. The Morgan fingerprint density at radius 2 is 1.80 bits per heavy atom. The first-order chi connectivity index (χ1) is 16.6. The number of nitrogens with zero attached hydrogens (tertiary/aromatic N) is 2. The van der Waals surface area contributed by atoms with Gasteiger partial charge in [-0.2, -0.15) is 0 Å². The van der Waals surface area contributed by atoms with Crippen LogP contribution in [0, 0.1) is 11.7 Å². The monoisotopic (exact) mass is 485 g/mol. The molecular formula is C26H32FN3O5. The lowest BCUT2D eigenvalue weighted by Gasteiger charge is -2.36. The Kier molecular flexibility index (Phi) is 8.45. The summed E-state index contributed by atoms with van der Waals surface area (Å²) in [7, 11) is 3.25. The molecule has 0 bridgehead atoms. The van der Waals surface area contributed by atoms with Crippen LogP contribution in [0.3, 0.4) is 0 Å². The highest BCUT2D eigenvalue weighted by atomic mass is 19.1. The van der Waals surface area contributed by atoms with E-state index in [0.29, 0.717) is 29.1 Å². The van der Waals surface area contributed by atoms with Gasteiger partial charge in [-0.3, -0.25) is 14.4 Å². The van der Waals surface area contributed by atoms with E-state index in [-0.39, 0.29) is 48.9 Å². The van der Waals surface area contributed by atoms with Crippen molar-refractivity contribution in [1.29, 1.82) is 0 Å². The Hall–Kier alpha value is -3.46. The molecule has 0 aromatic heterocycles.